The van der Waals surface area contributed by atoms with Gasteiger partial charge in [0.2, 0.25) is 0 Å². The largest absolute Gasteiger partial charge is 0.325 e. The van der Waals surface area contributed by atoms with Gasteiger partial charge in [0.1, 0.15) is 0 Å². The van der Waals surface area contributed by atoms with Crippen molar-refractivity contribution in [1.29, 1.82) is 0 Å². The van der Waals surface area contributed by atoms with Crippen LogP contribution in [0.4, 0.5) is 0 Å². The van der Waals surface area contributed by atoms with Gasteiger partial charge in [0, 0.05) is 17.3 Å². The summed E-state index contributed by atoms with van der Waals surface area (Å²) in [5.41, 5.74) is 9.10. The van der Waals surface area contributed by atoms with E-state index >= 15 is 0 Å². The van der Waals surface area contributed by atoms with Crippen LogP contribution in [0.25, 0.3) is 0 Å². The molecule has 2 N–H and O–H groups in total. The van der Waals surface area contributed by atoms with E-state index in [0.29, 0.717) is 0 Å². The molecule has 1 rings (SSSR count). The van der Waals surface area contributed by atoms with Gasteiger partial charge in [-0.2, -0.15) is 0 Å². The third-order valence-electron chi connectivity index (χ3n) is 2.42. The second-order valence-electron chi connectivity index (χ2n) is 3.23. The molecule has 0 aliphatic rings. The Hall–Kier alpha value is -0.410. The van der Waals surface area contributed by atoms with E-state index in [2.05, 4.69) is 24.2 Å². The maximum absolute atomic E-state index is 6.15. The van der Waals surface area contributed by atoms with Crippen LogP contribution >= 0.6 is 11.3 Å². The third kappa shape index (κ3) is 2.29. The second-order valence-corrected chi connectivity index (χ2v) is 3.94. The van der Waals surface area contributed by atoms with E-state index < -0.39 is 0 Å². The first-order valence-electron chi connectivity index (χ1n) is 4.36. The number of rotatable bonds is 4. The van der Waals surface area contributed by atoms with Gasteiger partial charge < -0.3 is 5.73 Å². The van der Waals surface area contributed by atoms with Gasteiger partial charge in [-0.25, -0.2) is 4.98 Å². The van der Waals surface area contributed by atoms with Gasteiger partial charge in [0.05, 0.1) is 11.2 Å². The van der Waals surface area contributed by atoms with Gasteiger partial charge >= 0.3 is 0 Å². The van der Waals surface area contributed by atoms with Crippen molar-refractivity contribution in [2.75, 3.05) is 0 Å². The Labute approximate surface area is 77.8 Å². The normalized spacial score (nSPS) is 11.9. The lowest BCUT2D eigenvalue weighted by Crippen LogP contribution is -2.40. The Bertz CT molecular complexity index is 214. The number of nitrogens with two attached hydrogens (primary N) is 1. The highest BCUT2D eigenvalue weighted by atomic mass is 32.1. The van der Waals surface area contributed by atoms with Gasteiger partial charge in [0.25, 0.3) is 0 Å². The molecular weight excluding hydrogens is 168 g/mol. The van der Waals surface area contributed by atoms with E-state index in [9.17, 15) is 0 Å². The predicted octanol–water partition coefficient (Wildman–Crippen LogP) is 2.20. The number of aromatic nitrogens is 1. The minimum atomic E-state index is -0.0475. The maximum Gasteiger partial charge on any atom is 0.0794 e. The van der Waals surface area contributed by atoms with Crippen molar-refractivity contribution in [3.8, 4) is 0 Å². The zero-order valence-corrected chi connectivity index (χ0v) is 8.53. The fourth-order valence-corrected chi connectivity index (χ4v) is 1.74. The van der Waals surface area contributed by atoms with E-state index in [-0.39, 0.29) is 5.54 Å². The van der Waals surface area contributed by atoms with E-state index in [1.807, 2.05) is 5.51 Å². The van der Waals surface area contributed by atoms with Crippen LogP contribution in [0.5, 0.6) is 0 Å². The molecule has 0 spiro atoms. The molecule has 0 amide bonds. The fraction of sp³-hybridized carbons (Fsp3) is 0.667. The van der Waals surface area contributed by atoms with Crippen molar-refractivity contribution in [3.05, 3.63) is 16.6 Å². The molecule has 3 heteroatoms. The first-order chi connectivity index (χ1) is 5.70. The molecule has 0 atom stereocenters. The van der Waals surface area contributed by atoms with Crippen molar-refractivity contribution in [2.24, 2.45) is 5.73 Å². The van der Waals surface area contributed by atoms with Gasteiger partial charge in [-0.05, 0) is 12.8 Å². The van der Waals surface area contributed by atoms with Crippen molar-refractivity contribution < 1.29 is 0 Å². The monoisotopic (exact) mass is 184 g/mol. The topological polar surface area (TPSA) is 38.9 Å². The van der Waals surface area contributed by atoms with Crippen LogP contribution < -0.4 is 5.73 Å². The Morgan fingerprint density at radius 1 is 1.50 bits per heavy atom. The summed E-state index contributed by atoms with van der Waals surface area (Å²) < 4.78 is 0. The summed E-state index contributed by atoms with van der Waals surface area (Å²) in [7, 11) is 0. The molecule has 0 fully saturated rings. The summed E-state index contributed by atoms with van der Waals surface area (Å²) in [5.74, 6) is 0. The highest BCUT2D eigenvalue weighted by Crippen LogP contribution is 2.17. The van der Waals surface area contributed by atoms with Crippen LogP contribution in [0.2, 0.25) is 0 Å². The zero-order chi connectivity index (χ0) is 9.03. The molecule has 0 aliphatic heterocycles. The molecule has 12 heavy (non-hydrogen) atoms. The Morgan fingerprint density at radius 2 is 2.17 bits per heavy atom. The molecule has 2 nitrogen and oxygen atoms in total. The average Bonchev–Trinajstić information content (AvgIpc) is 2.57. The van der Waals surface area contributed by atoms with Crippen molar-refractivity contribution in [3.63, 3.8) is 0 Å². The minimum Gasteiger partial charge on any atom is -0.325 e. The Balaban J connectivity index is 2.60. The summed E-state index contributed by atoms with van der Waals surface area (Å²) in [6.45, 7) is 4.27. The summed E-state index contributed by atoms with van der Waals surface area (Å²) in [6.07, 6.45) is 2.94. The van der Waals surface area contributed by atoms with Crippen molar-refractivity contribution in [2.45, 2.75) is 38.6 Å². The summed E-state index contributed by atoms with van der Waals surface area (Å²) >= 11 is 1.63. The van der Waals surface area contributed by atoms with Crippen LogP contribution in [0.1, 0.15) is 32.4 Å². The van der Waals surface area contributed by atoms with E-state index in [4.69, 9.17) is 5.73 Å². The molecule has 0 saturated carbocycles. The lowest BCUT2D eigenvalue weighted by atomic mass is 9.89. The fourth-order valence-electron chi connectivity index (χ4n) is 1.19. The molecule has 1 aromatic heterocycles. The molecule has 0 bridgehead atoms. The van der Waals surface area contributed by atoms with Gasteiger partial charge in [-0.3, -0.25) is 0 Å². The van der Waals surface area contributed by atoms with E-state index in [0.717, 1.165) is 25.0 Å². The molecule has 0 aromatic carbocycles. The first kappa shape index (κ1) is 9.68. The lowest BCUT2D eigenvalue weighted by Gasteiger charge is -2.25. The second kappa shape index (κ2) is 4.01. The number of nitrogens with zero attached hydrogens (tertiary/aromatic N) is 1. The average molecular weight is 184 g/mol. The van der Waals surface area contributed by atoms with Crippen LogP contribution in [-0.2, 0) is 6.42 Å². The number of hydrogen-bond acceptors (Lipinski definition) is 3. The zero-order valence-electron chi connectivity index (χ0n) is 7.71. The highest BCUT2D eigenvalue weighted by Gasteiger charge is 2.21. The van der Waals surface area contributed by atoms with Crippen LogP contribution in [0, 0.1) is 0 Å². The maximum atomic E-state index is 6.15. The summed E-state index contributed by atoms with van der Waals surface area (Å²) in [4.78, 5) is 4.24. The van der Waals surface area contributed by atoms with E-state index in [1.165, 1.54) is 0 Å². The summed E-state index contributed by atoms with van der Waals surface area (Å²) in [6, 6.07) is 0. The van der Waals surface area contributed by atoms with Crippen molar-refractivity contribution >= 4 is 11.3 Å². The summed E-state index contributed by atoms with van der Waals surface area (Å²) in [5, 5.41) is 2.08. The molecule has 0 unspecified atom stereocenters. The molecule has 1 aromatic rings. The van der Waals surface area contributed by atoms with Crippen LogP contribution in [-0.4, -0.2) is 10.5 Å². The van der Waals surface area contributed by atoms with Gasteiger partial charge in [-0.1, -0.05) is 13.8 Å². The molecular formula is C9H16N2S. The third-order valence-corrected chi connectivity index (χ3v) is 3.06. The first-order valence-corrected chi connectivity index (χ1v) is 5.30. The minimum absolute atomic E-state index is 0.0475. The van der Waals surface area contributed by atoms with Crippen LogP contribution in [0.3, 0.4) is 0 Å². The smallest absolute Gasteiger partial charge is 0.0794 e. The van der Waals surface area contributed by atoms with Crippen LogP contribution in [0.15, 0.2) is 10.9 Å². The SMILES string of the molecule is CCC(N)(CC)Cc1cscn1. The van der Waals surface area contributed by atoms with E-state index in [1.54, 1.807) is 11.3 Å². The molecule has 0 aliphatic carbocycles. The Kier molecular flexibility index (Phi) is 3.23. The number of hydrogen-bond donors (Lipinski definition) is 1. The quantitative estimate of drug-likeness (QED) is 0.779. The molecule has 68 valence electrons. The molecule has 0 radical (unpaired) electrons. The van der Waals surface area contributed by atoms with Crippen molar-refractivity contribution in [1.82, 2.24) is 4.98 Å². The highest BCUT2D eigenvalue weighted by molar-refractivity contribution is 7.07. The standard InChI is InChI=1S/C9H16N2S/c1-3-9(10,4-2)5-8-6-12-7-11-8/h6-7H,3-5,10H2,1-2H3. The van der Waals surface area contributed by atoms with Gasteiger partial charge in [-0.15, -0.1) is 11.3 Å². The number of thiazole rings is 1. The lowest BCUT2D eigenvalue weighted by molar-refractivity contribution is 0.390. The Morgan fingerprint density at radius 3 is 2.58 bits per heavy atom. The van der Waals surface area contributed by atoms with Gasteiger partial charge in [0.15, 0.2) is 0 Å². The molecule has 0 saturated heterocycles. The molecule has 1 heterocycles. The predicted molar refractivity (Wildman–Crippen MR) is 53.3 cm³/mol.